The van der Waals surface area contributed by atoms with Gasteiger partial charge in [0.05, 0.1) is 4.83 Å². The topological polar surface area (TPSA) is 0 Å². The highest BCUT2D eigenvalue weighted by molar-refractivity contribution is 14.1. The molecule has 17 heavy (non-hydrogen) atoms. The standard InChI is InChI=1S/C13H8Br3I/c14-9-3-6-12(15)11(7-9)13(16)8-1-4-10(17)5-2-8/h1-7,13H. The van der Waals surface area contributed by atoms with Crippen LogP contribution >= 0.6 is 70.4 Å². The molecule has 88 valence electrons. The Morgan fingerprint density at radius 3 is 2.24 bits per heavy atom. The molecule has 0 saturated heterocycles. The molecular formula is C13H8Br3I. The molecule has 1 unspecified atom stereocenters. The number of rotatable bonds is 2. The molecule has 0 radical (unpaired) electrons. The second-order valence-corrected chi connectivity index (χ2v) is 7.51. The first-order chi connectivity index (χ1) is 8.08. The molecule has 2 aromatic rings. The third-order valence-electron chi connectivity index (χ3n) is 2.39. The molecule has 0 spiro atoms. The zero-order chi connectivity index (χ0) is 12.4. The van der Waals surface area contributed by atoms with Gasteiger partial charge in [0.15, 0.2) is 0 Å². The molecule has 0 bridgehead atoms. The normalized spacial score (nSPS) is 12.5. The van der Waals surface area contributed by atoms with Gasteiger partial charge in [0, 0.05) is 12.5 Å². The van der Waals surface area contributed by atoms with Crippen molar-refractivity contribution in [3.63, 3.8) is 0 Å². The summed E-state index contributed by atoms with van der Waals surface area (Å²) in [6.07, 6.45) is 0. The van der Waals surface area contributed by atoms with Crippen molar-refractivity contribution in [2.24, 2.45) is 0 Å². The Hall–Kier alpha value is 0.610. The quantitative estimate of drug-likeness (QED) is 0.316. The molecule has 0 N–H and O–H groups in total. The molecule has 0 aliphatic heterocycles. The molecular weight excluding hydrogens is 523 g/mol. The fourth-order valence-corrected chi connectivity index (χ4v) is 3.73. The first-order valence-electron chi connectivity index (χ1n) is 4.92. The van der Waals surface area contributed by atoms with Crippen molar-refractivity contribution in [2.45, 2.75) is 4.83 Å². The van der Waals surface area contributed by atoms with E-state index in [4.69, 9.17) is 0 Å². The Morgan fingerprint density at radius 2 is 1.59 bits per heavy atom. The van der Waals surface area contributed by atoms with E-state index in [-0.39, 0.29) is 4.83 Å². The Balaban J connectivity index is 2.39. The van der Waals surface area contributed by atoms with Gasteiger partial charge in [0.1, 0.15) is 0 Å². The van der Waals surface area contributed by atoms with Crippen molar-refractivity contribution >= 4 is 70.4 Å². The number of halogens is 4. The molecule has 0 saturated carbocycles. The second-order valence-electron chi connectivity index (χ2n) is 3.58. The van der Waals surface area contributed by atoms with Gasteiger partial charge in [-0.05, 0) is 64.0 Å². The molecule has 0 aliphatic rings. The Bertz CT molecular complexity index is 523. The minimum atomic E-state index is 0.200. The molecule has 0 aromatic heterocycles. The fourth-order valence-electron chi connectivity index (χ4n) is 1.52. The maximum atomic E-state index is 3.75. The van der Waals surface area contributed by atoms with Gasteiger partial charge in [-0.15, -0.1) is 0 Å². The van der Waals surface area contributed by atoms with Gasteiger partial charge in [0.25, 0.3) is 0 Å². The molecule has 2 aromatic carbocycles. The zero-order valence-electron chi connectivity index (χ0n) is 8.63. The lowest BCUT2D eigenvalue weighted by Crippen LogP contribution is -1.94. The van der Waals surface area contributed by atoms with Gasteiger partial charge in [-0.1, -0.05) is 59.9 Å². The molecule has 0 aliphatic carbocycles. The van der Waals surface area contributed by atoms with E-state index in [1.807, 2.05) is 6.07 Å². The lowest BCUT2D eigenvalue weighted by Gasteiger charge is -2.13. The van der Waals surface area contributed by atoms with E-state index >= 15 is 0 Å². The summed E-state index contributed by atoms with van der Waals surface area (Å²) >= 11 is 13.2. The summed E-state index contributed by atoms with van der Waals surface area (Å²) < 4.78 is 3.45. The Kier molecular flexibility index (Phi) is 5.09. The van der Waals surface area contributed by atoms with Gasteiger partial charge in [0.2, 0.25) is 0 Å². The van der Waals surface area contributed by atoms with Crippen molar-refractivity contribution < 1.29 is 0 Å². The largest absolute Gasteiger partial charge is 0.0786 e. The monoisotopic (exact) mass is 528 g/mol. The molecule has 0 amide bonds. The summed E-state index contributed by atoms with van der Waals surface area (Å²) in [6.45, 7) is 0. The summed E-state index contributed by atoms with van der Waals surface area (Å²) in [7, 11) is 0. The third kappa shape index (κ3) is 3.55. The first kappa shape index (κ1) is 14.0. The van der Waals surface area contributed by atoms with Gasteiger partial charge in [-0.2, -0.15) is 0 Å². The fraction of sp³-hybridized carbons (Fsp3) is 0.0769. The molecule has 0 nitrogen and oxygen atoms in total. The van der Waals surface area contributed by atoms with Crippen molar-refractivity contribution in [3.8, 4) is 0 Å². The van der Waals surface area contributed by atoms with Crippen LogP contribution in [0.2, 0.25) is 0 Å². The van der Waals surface area contributed by atoms with E-state index in [0.717, 1.165) is 8.95 Å². The van der Waals surface area contributed by atoms with Crippen molar-refractivity contribution in [2.75, 3.05) is 0 Å². The van der Waals surface area contributed by atoms with Crippen LogP contribution in [0.25, 0.3) is 0 Å². The highest BCUT2D eigenvalue weighted by Crippen LogP contribution is 2.36. The maximum absolute atomic E-state index is 3.75. The van der Waals surface area contributed by atoms with E-state index in [1.165, 1.54) is 14.7 Å². The van der Waals surface area contributed by atoms with Crippen LogP contribution in [0.5, 0.6) is 0 Å². The van der Waals surface area contributed by atoms with Gasteiger partial charge >= 0.3 is 0 Å². The molecule has 4 heteroatoms. The van der Waals surface area contributed by atoms with Gasteiger partial charge in [-0.3, -0.25) is 0 Å². The lowest BCUT2D eigenvalue weighted by atomic mass is 10.1. The van der Waals surface area contributed by atoms with E-state index in [1.54, 1.807) is 0 Å². The number of hydrogen-bond donors (Lipinski definition) is 0. The third-order valence-corrected chi connectivity index (χ3v) is 5.35. The first-order valence-corrected chi connectivity index (χ1v) is 8.50. The smallest absolute Gasteiger partial charge is 0.0656 e. The molecule has 0 fully saturated rings. The van der Waals surface area contributed by atoms with Crippen LogP contribution in [0, 0.1) is 3.57 Å². The van der Waals surface area contributed by atoms with Crippen molar-refractivity contribution in [1.82, 2.24) is 0 Å². The predicted octanol–water partition coefficient (Wildman–Crippen LogP) is 6.30. The van der Waals surface area contributed by atoms with E-state index in [2.05, 4.69) is 107 Å². The average Bonchev–Trinajstić information content (AvgIpc) is 2.32. The second kappa shape index (κ2) is 6.17. The summed E-state index contributed by atoms with van der Waals surface area (Å²) in [6, 6.07) is 14.7. The summed E-state index contributed by atoms with van der Waals surface area (Å²) in [5.74, 6) is 0. The Morgan fingerprint density at radius 1 is 0.941 bits per heavy atom. The summed E-state index contributed by atoms with van der Waals surface area (Å²) in [5, 5.41) is 0. The summed E-state index contributed by atoms with van der Waals surface area (Å²) in [5.41, 5.74) is 2.48. The highest BCUT2D eigenvalue weighted by Gasteiger charge is 2.13. The van der Waals surface area contributed by atoms with Crippen LogP contribution in [-0.2, 0) is 0 Å². The lowest BCUT2D eigenvalue weighted by molar-refractivity contribution is 1.16. The predicted molar refractivity (Wildman–Crippen MR) is 91.8 cm³/mol. The van der Waals surface area contributed by atoms with Gasteiger partial charge in [-0.25, -0.2) is 0 Å². The minimum Gasteiger partial charge on any atom is -0.0786 e. The minimum absolute atomic E-state index is 0.200. The molecule has 0 heterocycles. The highest BCUT2D eigenvalue weighted by atomic mass is 127. The Labute approximate surface area is 140 Å². The SMILES string of the molecule is Brc1ccc(Br)c(C(Br)c2ccc(I)cc2)c1. The summed E-state index contributed by atoms with van der Waals surface area (Å²) in [4.78, 5) is 0.200. The number of hydrogen-bond acceptors (Lipinski definition) is 0. The van der Waals surface area contributed by atoms with Crippen LogP contribution in [0.15, 0.2) is 51.4 Å². The van der Waals surface area contributed by atoms with Crippen LogP contribution < -0.4 is 0 Å². The van der Waals surface area contributed by atoms with Crippen LogP contribution in [0.1, 0.15) is 16.0 Å². The maximum Gasteiger partial charge on any atom is 0.0656 e. The van der Waals surface area contributed by atoms with Crippen LogP contribution in [0.4, 0.5) is 0 Å². The molecule has 2 rings (SSSR count). The van der Waals surface area contributed by atoms with Crippen LogP contribution in [0.3, 0.4) is 0 Å². The number of benzene rings is 2. The van der Waals surface area contributed by atoms with E-state index < -0.39 is 0 Å². The van der Waals surface area contributed by atoms with E-state index in [0.29, 0.717) is 0 Å². The van der Waals surface area contributed by atoms with E-state index in [9.17, 15) is 0 Å². The van der Waals surface area contributed by atoms with Crippen LogP contribution in [-0.4, -0.2) is 0 Å². The van der Waals surface area contributed by atoms with Crippen molar-refractivity contribution in [1.29, 1.82) is 0 Å². The van der Waals surface area contributed by atoms with Crippen molar-refractivity contribution in [3.05, 3.63) is 66.1 Å². The zero-order valence-corrected chi connectivity index (χ0v) is 15.5. The molecule has 1 atom stereocenters. The number of alkyl halides is 1. The van der Waals surface area contributed by atoms with Gasteiger partial charge < -0.3 is 0 Å². The average molecular weight is 531 g/mol.